The van der Waals surface area contributed by atoms with Gasteiger partial charge in [0.05, 0.1) is 6.61 Å². The van der Waals surface area contributed by atoms with Gasteiger partial charge in [-0.15, -0.1) is 0 Å². The first-order valence-electron chi connectivity index (χ1n) is 6.04. The van der Waals surface area contributed by atoms with Crippen molar-refractivity contribution in [3.63, 3.8) is 0 Å². The Hall–Kier alpha value is -0.300. The summed E-state index contributed by atoms with van der Waals surface area (Å²) in [5.41, 5.74) is 0. The SMILES string of the molecule is CCCC=CCCCCC(C)CC[O]. The minimum absolute atomic E-state index is 0.0948. The van der Waals surface area contributed by atoms with E-state index < -0.39 is 0 Å². The van der Waals surface area contributed by atoms with E-state index in [0.717, 1.165) is 6.42 Å². The fourth-order valence-electron chi connectivity index (χ4n) is 1.50. The summed E-state index contributed by atoms with van der Waals surface area (Å²) in [4.78, 5) is 0. The van der Waals surface area contributed by atoms with Crippen LogP contribution in [-0.4, -0.2) is 6.61 Å². The average molecular weight is 197 g/mol. The second-order valence-electron chi connectivity index (χ2n) is 4.14. The van der Waals surface area contributed by atoms with Gasteiger partial charge >= 0.3 is 0 Å². The first-order valence-corrected chi connectivity index (χ1v) is 6.04. The zero-order valence-electron chi connectivity index (χ0n) is 9.80. The van der Waals surface area contributed by atoms with Gasteiger partial charge in [0.2, 0.25) is 0 Å². The van der Waals surface area contributed by atoms with Crippen molar-refractivity contribution in [1.29, 1.82) is 0 Å². The molecule has 0 saturated heterocycles. The summed E-state index contributed by atoms with van der Waals surface area (Å²) in [6.07, 6.45) is 12.9. The van der Waals surface area contributed by atoms with Gasteiger partial charge in [-0.2, -0.15) is 0 Å². The average Bonchev–Trinajstić information content (AvgIpc) is 2.17. The van der Waals surface area contributed by atoms with Crippen LogP contribution in [0.4, 0.5) is 0 Å². The highest BCUT2D eigenvalue weighted by molar-refractivity contribution is 4.80. The summed E-state index contributed by atoms with van der Waals surface area (Å²) in [7, 11) is 0. The van der Waals surface area contributed by atoms with Crippen molar-refractivity contribution < 1.29 is 5.11 Å². The van der Waals surface area contributed by atoms with Crippen LogP contribution in [0.15, 0.2) is 12.2 Å². The smallest absolute Gasteiger partial charge is 0.0824 e. The number of hydrogen-bond donors (Lipinski definition) is 0. The van der Waals surface area contributed by atoms with Crippen LogP contribution in [0, 0.1) is 5.92 Å². The molecule has 0 bridgehead atoms. The molecule has 0 aliphatic heterocycles. The van der Waals surface area contributed by atoms with Crippen LogP contribution in [0.5, 0.6) is 0 Å². The Bertz CT molecular complexity index is 129. The monoisotopic (exact) mass is 197 g/mol. The fourth-order valence-corrected chi connectivity index (χ4v) is 1.50. The van der Waals surface area contributed by atoms with E-state index in [1.54, 1.807) is 0 Å². The van der Waals surface area contributed by atoms with Crippen LogP contribution < -0.4 is 0 Å². The van der Waals surface area contributed by atoms with Gasteiger partial charge in [-0.3, -0.25) is 0 Å². The van der Waals surface area contributed by atoms with E-state index in [0.29, 0.717) is 5.92 Å². The highest BCUT2D eigenvalue weighted by atomic mass is 16.3. The molecule has 0 fully saturated rings. The highest BCUT2D eigenvalue weighted by Crippen LogP contribution is 2.12. The third-order valence-electron chi connectivity index (χ3n) is 2.55. The van der Waals surface area contributed by atoms with Gasteiger partial charge in [0.1, 0.15) is 0 Å². The summed E-state index contributed by atoms with van der Waals surface area (Å²) in [5, 5.41) is 10.3. The Morgan fingerprint density at radius 2 is 1.79 bits per heavy atom. The summed E-state index contributed by atoms with van der Waals surface area (Å²) in [6.45, 7) is 4.48. The molecule has 1 heteroatoms. The number of allylic oxidation sites excluding steroid dienone is 2. The highest BCUT2D eigenvalue weighted by Gasteiger charge is 1.99. The summed E-state index contributed by atoms with van der Waals surface area (Å²) in [5.74, 6) is 0.632. The Kier molecular flexibility index (Phi) is 10.5. The Labute approximate surface area is 89.2 Å². The summed E-state index contributed by atoms with van der Waals surface area (Å²) in [6, 6.07) is 0. The van der Waals surface area contributed by atoms with E-state index >= 15 is 0 Å². The lowest BCUT2D eigenvalue weighted by molar-refractivity contribution is 0.171. The second kappa shape index (κ2) is 10.8. The maximum absolute atomic E-state index is 10.3. The predicted molar refractivity (Wildman–Crippen MR) is 61.9 cm³/mol. The molecule has 0 saturated carbocycles. The van der Waals surface area contributed by atoms with Crippen molar-refractivity contribution in [1.82, 2.24) is 0 Å². The molecular formula is C13H25O. The summed E-state index contributed by atoms with van der Waals surface area (Å²) >= 11 is 0. The van der Waals surface area contributed by atoms with E-state index in [4.69, 9.17) is 0 Å². The molecule has 0 heterocycles. The van der Waals surface area contributed by atoms with Gasteiger partial charge in [0, 0.05) is 0 Å². The maximum atomic E-state index is 10.3. The van der Waals surface area contributed by atoms with E-state index in [-0.39, 0.29) is 6.61 Å². The molecule has 1 atom stereocenters. The van der Waals surface area contributed by atoms with Gasteiger partial charge in [-0.25, -0.2) is 5.11 Å². The first kappa shape index (κ1) is 13.7. The lowest BCUT2D eigenvalue weighted by Crippen LogP contribution is -1.96. The van der Waals surface area contributed by atoms with E-state index in [1.807, 2.05) is 0 Å². The van der Waals surface area contributed by atoms with Crippen LogP contribution >= 0.6 is 0 Å². The first-order chi connectivity index (χ1) is 6.81. The number of unbranched alkanes of at least 4 members (excludes halogenated alkanes) is 3. The molecule has 0 aromatic rings. The lowest BCUT2D eigenvalue weighted by Gasteiger charge is -2.07. The topological polar surface area (TPSA) is 19.9 Å². The van der Waals surface area contributed by atoms with Crippen molar-refractivity contribution >= 4 is 0 Å². The number of hydrogen-bond acceptors (Lipinski definition) is 0. The zero-order chi connectivity index (χ0) is 10.6. The lowest BCUT2D eigenvalue weighted by atomic mass is 10.0. The third-order valence-corrected chi connectivity index (χ3v) is 2.55. The Balaban J connectivity index is 3.12. The van der Waals surface area contributed by atoms with Crippen LogP contribution in [0.25, 0.3) is 0 Å². The Morgan fingerprint density at radius 3 is 2.43 bits per heavy atom. The van der Waals surface area contributed by atoms with Crippen molar-refractivity contribution in [2.45, 2.75) is 58.8 Å². The van der Waals surface area contributed by atoms with Crippen molar-refractivity contribution in [3.05, 3.63) is 12.2 Å². The minimum Gasteiger partial charge on any atom is -0.237 e. The third kappa shape index (κ3) is 9.79. The van der Waals surface area contributed by atoms with E-state index in [9.17, 15) is 5.11 Å². The van der Waals surface area contributed by atoms with Crippen molar-refractivity contribution in [3.8, 4) is 0 Å². The standard InChI is InChI=1S/C13H25O/c1-3-4-5-6-7-8-9-10-13(2)11-12-14/h5-6,13H,3-4,7-12H2,1-2H3. The molecule has 0 N–H and O–H groups in total. The molecule has 1 nitrogen and oxygen atoms in total. The molecule has 83 valence electrons. The quantitative estimate of drug-likeness (QED) is 0.386. The number of rotatable bonds is 9. The molecule has 0 aromatic carbocycles. The van der Waals surface area contributed by atoms with Gasteiger partial charge in [0.25, 0.3) is 0 Å². The van der Waals surface area contributed by atoms with Crippen LogP contribution in [-0.2, 0) is 5.11 Å². The molecule has 0 aliphatic rings. The van der Waals surface area contributed by atoms with Crippen LogP contribution in [0.3, 0.4) is 0 Å². The van der Waals surface area contributed by atoms with E-state index in [2.05, 4.69) is 26.0 Å². The normalized spacial score (nSPS) is 13.6. The van der Waals surface area contributed by atoms with Crippen molar-refractivity contribution in [2.24, 2.45) is 5.92 Å². The van der Waals surface area contributed by atoms with Gasteiger partial charge in [0.15, 0.2) is 0 Å². The largest absolute Gasteiger partial charge is 0.237 e. The van der Waals surface area contributed by atoms with E-state index in [1.165, 1.54) is 38.5 Å². The molecule has 0 spiro atoms. The molecule has 0 aliphatic carbocycles. The molecule has 0 aromatic heterocycles. The molecule has 14 heavy (non-hydrogen) atoms. The van der Waals surface area contributed by atoms with Crippen LogP contribution in [0.1, 0.15) is 58.8 Å². The van der Waals surface area contributed by atoms with Gasteiger partial charge in [-0.05, 0) is 31.6 Å². The summed E-state index contributed by atoms with van der Waals surface area (Å²) < 4.78 is 0. The van der Waals surface area contributed by atoms with Gasteiger partial charge < -0.3 is 0 Å². The zero-order valence-corrected chi connectivity index (χ0v) is 9.80. The van der Waals surface area contributed by atoms with Crippen LogP contribution in [0.2, 0.25) is 0 Å². The van der Waals surface area contributed by atoms with Crippen molar-refractivity contribution in [2.75, 3.05) is 6.61 Å². The van der Waals surface area contributed by atoms with Gasteiger partial charge in [-0.1, -0.05) is 45.3 Å². The molecule has 1 unspecified atom stereocenters. The maximum Gasteiger partial charge on any atom is 0.0824 e. The predicted octanol–water partition coefficient (Wildman–Crippen LogP) is 4.36. The second-order valence-corrected chi connectivity index (χ2v) is 4.14. The molecule has 0 rings (SSSR count). The molecular weight excluding hydrogens is 172 g/mol. The fraction of sp³-hybridized carbons (Fsp3) is 0.846. The molecule has 0 amide bonds. The Morgan fingerprint density at radius 1 is 1.07 bits per heavy atom. The minimum atomic E-state index is 0.0948. The molecule has 1 radical (unpaired) electrons.